The summed E-state index contributed by atoms with van der Waals surface area (Å²) in [6.07, 6.45) is 1.56. The molecule has 3 aromatic carbocycles. The second-order valence-corrected chi connectivity index (χ2v) is 13.6. The molecule has 0 aliphatic carbocycles. The minimum atomic E-state index is -0.379. The number of hydrogen-bond acceptors (Lipinski definition) is 10. The molecule has 2 aliphatic heterocycles. The zero-order valence-electron chi connectivity index (χ0n) is 31.4. The minimum absolute atomic E-state index is 0.133. The molecule has 5 rings (SSSR count). The van der Waals surface area contributed by atoms with Crippen LogP contribution in [0.4, 0.5) is 10.5 Å². The number of piperidine rings is 1. The standard InChI is InChI=1S/C41H57N3O8/c1-42(2)19-8-24-49-38-28-44(41(45)52-30-32-11-6-5-7-12-32)29-39(40(38)34-14-16-35(17-15-34)48-25-10-23-47-4)51-31-33-13-18-37-36(27-33)43(21-26-50-37)20-9-22-46-3/h5-7,11-18,27,38-40H,8-10,19-26,28-31H2,1-4H3/t38-,39+,40+/m1/s1. The van der Waals surface area contributed by atoms with Gasteiger partial charge in [0.25, 0.3) is 0 Å². The summed E-state index contributed by atoms with van der Waals surface area (Å²) in [6.45, 7) is 7.08. The van der Waals surface area contributed by atoms with E-state index < -0.39 is 0 Å². The Morgan fingerprint density at radius 3 is 2.31 bits per heavy atom. The van der Waals surface area contributed by atoms with Crippen molar-refractivity contribution < 1.29 is 38.0 Å². The average Bonchev–Trinajstić information content (AvgIpc) is 3.17. The number of anilines is 1. The van der Waals surface area contributed by atoms with Gasteiger partial charge in [0.05, 0.1) is 50.7 Å². The average molecular weight is 720 g/mol. The van der Waals surface area contributed by atoms with Crippen LogP contribution in [0, 0.1) is 0 Å². The van der Waals surface area contributed by atoms with E-state index in [1.54, 1.807) is 19.1 Å². The fourth-order valence-electron chi connectivity index (χ4n) is 6.72. The number of carbonyl (C=O) groups excluding carboxylic acids is 1. The van der Waals surface area contributed by atoms with Crippen LogP contribution in [0.5, 0.6) is 11.5 Å². The van der Waals surface area contributed by atoms with E-state index in [-0.39, 0.29) is 30.8 Å². The maximum absolute atomic E-state index is 13.6. The van der Waals surface area contributed by atoms with E-state index in [0.717, 1.165) is 72.8 Å². The molecule has 11 heteroatoms. The van der Waals surface area contributed by atoms with Gasteiger partial charge >= 0.3 is 6.09 Å². The number of likely N-dealkylation sites (tertiary alicyclic amines) is 1. The van der Waals surface area contributed by atoms with Gasteiger partial charge in [-0.3, -0.25) is 0 Å². The van der Waals surface area contributed by atoms with Crippen LogP contribution in [0.2, 0.25) is 0 Å². The smallest absolute Gasteiger partial charge is 0.410 e. The molecule has 0 radical (unpaired) electrons. The summed E-state index contributed by atoms with van der Waals surface area (Å²) < 4.78 is 41.7. The molecule has 0 spiro atoms. The summed E-state index contributed by atoms with van der Waals surface area (Å²) in [7, 11) is 7.54. The van der Waals surface area contributed by atoms with Crippen LogP contribution in [0.3, 0.4) is 0 Å². The Kier molecular flexibility index (Phi) is 15.9. The van der Waals surface area contributed by atoms with Crippen LogP contribution in [0.1, 0.15) is 41.9 Å². The molecular weight excluding hydrogens is 662 g/mol. The van der Waals surface area contributed by atoms with Crippen molar-refractivity contribution >= 4 is 11.8 Å². The SMILES string of the molecule is COCCCOc1ccc([C@@H]2[C@@H](OCc3ccc4c(c3)N(CCCOC)CCO4)CN(C(=O)OCc3ccccc3)C[C@H]2OCCCN(C)C)cc1. The first-order valence-electron chi connectivity index (χ1n) is 18.5. The molecule has 2 aliphatic rings. The Hall–Kier alpha value is -3.87. The Bertz CT molecular complexity index is 1470. The lowest BCUT2D eigenvalue weighted by molar-refractivity contribution is -0.0922. The van der Waals surface area contributed by atoms with E-state index in [0.29, 0.717) is 52.7 Å². The van der Waals surface area contributed by atoms with Gasteiger partial charge in [0.2, 0.25) is 0 Å². The lowest BCUT2D eigenvalue weighted by Gasteiger charge is -2.43. The van der Waals surface area contributed by atoms with Crippen LogP contribution in [0.25, 0.3) is 0 Å². The van der Waals surface area contributed by atoms with Gasteiger partial charge in [0.1, 0.15) is 24.7 Å². The van der Waals surface area contributed by atoms with E-state index in [1.165, 1.54) is 0 Å². The van der Waals surface area contributed by atoms with Crippen molar-refractivity contribution in [3.63, 3.8) is 0 Å². The van der Waals surface area contributed by atoms with Gasteiger partial charge in [0, 0.05) is 52.9 Å². The molecule has 1 fully saturated rings. The summed E-state index contributed by atoms with van der Waals surface area (Å²) in [5.74, 6) is 1.55. The number of fused-ring (bicyclic) bond motifs is 1. The molecule has 0 saturated carbocycles. The third kappa shape index (κ3) is 11.8. The van der Waals surface area contributed by atoms with E-state index >= 15 is 0 Å². The van der Waals surface area contributed by atoms with E-state index in [9.17, 15) is 4.79 Å². The fraction of sp³-hybridized carbons (Fsp3) is 0.537. The van der Waals surface area contributed by atoms with Gasteiger partial charge in [-0.2, -0.15) is 0 Å². The number of amides is 1. The van der Waals surface area contributed by atoms with Gasteiger partial charge in [-0.1, -0.05) is 48.5 Å². The first-order chi connectivity index (χ1) is 25.4. The normalized spacial score (nSPS) is 18.6. The highest BCUT2D eigenvalue weighted by Gasteiger charge is 2.41. The molecule has 11 nitrogen and oxygen atoms in total. The zero-order valence-corrected chi connectivity index (χ0v) is 31.4. The first kappa shape index (κ1) is 39.3. The van der Waals surface area contributed by atoms with Crippen LogP contribution >= 0.6 is 0 Å². The number of hydrogen-bond donors (Lipinski definition) is 0. The molecular formula is C41H57N3O8. The zero-order chi connectivity index (χ0) is 36.5. The maximum Gasteiger partial charge on any atom is 0.410 e. The molecule has 284 valence electrons. The third-order valence-electron chi connectivity index (χ3n) is 9.40. The van der Waals surface area contributed by atoms with Crippen LogP contribution in [-0.2, 0) is 36.9 Å². The monoisotopic (exact) mass is 719 g/mol. The number of benzene rings is 3. The number of methoxy groups -OCH3 is 2. The van der Waals surface area contributed by atoms with Crippen molar-refractivity contribution in [2.45, 2.75) is 50.6 Å². The number of ether oxygens (including phenoxy) is 7. The van der Waals surface area contributed by atoms with Gasteiger partial charge in [-0.15, -0.1) is 0 Å². The van der Waals surface area contributed by atoms with Crippen molar-refractivity contribution in [2.24, 2.45) is 0 Å². The summed E-state index contributed by atoms with van der Waals surface area (Å²) in [5.41, 5.74) is 4.12. The van der Waals surface area contributed by atoms with Crippen molar-refractivity contribution in [3.05, 3.63) is 89.5 Å². The van der Waals surface area contributed by atoms with Crippen LogP contribution in [-0.4, -0.2) is 122 Å². The molecule has 52 heavy (non-hydrogen) atoms. The van der Waals surface area contributed by atoms with Gasteiger partial charge in [-0.25, -0.2) is 4.79 Å². The van der Waals surface area contributed by atoms with E-state index in [4.69, 9.17) is 33.2 Å². The van der Waals surface area contributed by atoms with Crippen LogP contribution in [0.15, 0.2) is 72.8 Å². The fourth-order valence-corrected chi connectivity index (χ4v) is 6.72. The third-order valence-corrected chi connectivity index (χ3v) is 9.40. The molecule has 0 N–H and O–H groups in total. The molecule has 1 amide bonds. The van der Waals surface area contributed by atoms with Gasteiger partial charge in [-0.05, 0) is 74.4 Å². The Morgan fingerprint density at radius 2 is 1.56 bits per heavy atom. The number of nitrogens with zero attached hydrogens (tertiary/aromatic N) is 3. The van der Waals surface area contributed by atoms with Crippen molar-refractivity contribution in [2.75, 3.05) is 99.0 Å². The summed E-state index contributed by atoms with van der Waals surface area (Å²) in [6, 6.07) is 24.2. The molecule has 0 aromatic heterocycles. The first-order valence-corrected chi connectivity index (χ1v) is 18.5. The predicted molar refractivity (Wildman–Crippen MR) is 202 cm³/mol. The van der Waals surface area contributed by atoms with Gasteiger partial charge < -0.3 is 47.9 Å². The van der Waals surface area contributed by atoms with E-state index in [1.807, 2.05) is 48.5 Å². The predicted octanol–water partition coefficient (Wildman–Crippen LogP) is 6.00. The lowest BCUT2D eigenvalue weighted by atomic mass is 9.84. The van der Waals surface area contributed by atoms with E-state index in [2.05, 4.69) is 48.2 Å². The summed E-state index contributed by atoms with van der Waals surface area (Å²) in [4.78, 5) is 19.9. The number of carbonyl (C=O) groups is 1. The minimum Gasteiger partial charge on any atom is -0.494 e. The molecule has 1 saturated heterocycles. The molecule has 0 unspecified atom stereocenters. The Morgan fingerprint density at radius 1 is 0.808 bits per heavy atom. The quantitative estimate of drug-likeness (QED) is 0.130. The van der Waals surface area contributed by atoms with Crippen molar-refractivity contribution in [1.29, 1.82) is 0 Å². The Labute approximate surface area is 309 Å². The second-order valence-electron chi connectivity index (χ2n) is 13.6. The Balaban J connectivity index is 1.37. The summed E-state index contributed by atoms with van der Waals surface area (Å²) in [5, 5.41) is 0. The van der Waals surface area contributed by atoms with Crippen LogP contribution < -0.4 is 14.4 Å². The molecule has 0 bridgehead atoms. The topological polar surface area (TPSA) is 91.4 Å². The van der Waals surface area contributed by atoms with Gasteiger partial charge in [0.15, 0.2) is 0 Å². The van der Waals surface area contributed by atoms with Crippen molar-refractivity contribution in [3.8, 4) is 11.5 Å². The lowest BCUT2D eigenvalue weighted by Crippen LogP contribution is -2.54. The summed E-state index contributed by atoms with van der Waals surface area (Å²) >= 11 is 0. The molecule has 2 heterocycles. The number of rotatable bonds is 20. The highest BCUT2D eigenvalue weighted by Crippen LogP contribution is 2.36. The largest absolute Gasteiger partial charge is 0.494 e. The highest BCUT2D eigenvalue weighted by atomic mass is 16.6. The molecule has 3 aromatic rings. The highest BCUT2D eigenvalue weighted by molar-refractivity contribution is 5.68. The van der Waals surface area contributed by atoms with Crippen molar-refractivity contribution in [1.82, 2.24) is 9.80 Å². The molecule has 3 atom stereocenters. The maximum atomic E-state index is 13.6. The second kappa shape index (κ2) is 21.0.